The van der Waals surface area contributed by atoms with Gasteiger partial charge in [-0.1, -0.05) is 12.7 Å². The molecule has 4 nitrogen and oxygen atoms in total. The fraction of sp³-hybridized carbons (Fsp3) is 0.625. The lowest BCUT2D eigenvalue weighted by Crippen LogP contribution is -2.74. The summed E-state index contributed by atoms with van der Waals surface area (Å²) in [6.07, 6.45) is -13.9. The average Bonchev–Trinajstić information content (AvgIpc) is 2.71. The van der Waals surface area contributed by atoms with E-state index in [4.69, 9.17) is 5.11 Å². The van der Waals surface area contributed by atoms with E-state index in [1.165, 1.54) is 0 Å². The topological polar surface area (TPSA) is 63.6 Å². The van der Waals surface area contributed by atoms with Gasteiger partial charge in [0.2, 0.25) is 0 Å². The van der Waals surface area contributed by atoms with Crippen LogP contribution in [-0.2, 0) is 14.3 Å². The Morgan fingerprint density at radius 1 is 0.649 bits per heavy atom. The Kier molecular flexibility index (Phi) is 10.4. The molecule has 21 heteroatoms. The van der Waals surface area contributed by atoms with Gasteiger partial charge in [-0.05, 0) is 13.8 Å². The molecule has 0 atom stereocenters. The van der Waals surface area contributed by atoms with Crippen molar-refractivity contribution in [3.63, 3.8) is 0 Å². The van der Waals surface area contributed by atoms with Crippen LogP contribution >= 0.6 is 0 Å². The predicted molar refractivity (Wildman–Crippen MR) is 84.0 cm³/mol. The highest BCUT2D eigenvalue weighted by Gasteiger charge is 2.95. The van der Waals surface area contributed by atoms with Crippen LogP contribution in [0.1, 0.15) is 13.8 Å². The second-order valence-electron chi connectivity index (χ2n) is 6.36. The normalized spacial score (nSPS) is 14.9. The first-order valence-electron chi connectivity index (χ1n) is 8.32. The molecule has 0 aliphatic heterocycles. The highest BCUT2D eigenvalue weighted by atomic mass is 19.4. The molecule has 0 radical (unpaired) electrons. The molecule has 0 rings (SSSR count). The fourth-order valence-corrected chi connectivity index (χ4v) is 1.51. The SMILES string of the molecule is C=CC(=O)OC(F)(F)C(F)(F)C(F)(F)C(F)(F)C(F)(F)C(F)(F)C(F)(F)C(F)(F)F.CC=C(C)C(=O)O. The minimum atomic E-state index is -8.73. The Labute approximate surface area is 193 Å². The molecule has 0 aromatic rings. The van der Waals surface area contributed by atoms with Gasteiger partial charge in [0.05, 0.1) is 0 Å². The molecule has 0 saturated heterocycles. The quantitative estimate of drug-likeness (QED) is 0.184. The number of aliphatic carboxylic acids is 1. The average molecular weight is 590 g/mol. The molecule has 0 heterocycles. The lowest BCUT2D eigenvalue weighted by Gasteiger charge is -2.42. The molecule has 0 fully saturated rings. The molecule has 0 unspecified atom stereocenters. The van der Waals surface area contributed by atoms with Crippen LogP contribution in [0.5, 0.6) is 0 Å². The van der Waals surface area contributed by atoms with Crippen LogP contribution in [0.15, 0.2) is 24.3 Å². The maximum Gasteiger partial charge on any atom is 0.473 e. The molecule has 0 saturated carbocycles. The van der Waals surface area contributed by atoms with E-state index in [1.54, 1.807) is 19.9 Å². The number of carboxylic acid groups (broad SMARTS) is 1. The smallest absolute Gasteiger partial charge is 0.473 e. The number of alkyl halides is 17. The first-order valence-corrected chi connectivity index (χ1v) is 8.32. The van der Waals surface area contributed by atoms with Crippen LogP contribution in [0.2, 0.25) is 0 Å². The van der Waals surface area contributed by atoms with Gasteiger partial charge in [-0.3, -0.25) is 0 Å². The van der Waals surface area contributed by atoms with E-state index in [-0.39, 0.29) is 0 Å². The van der Waals surface area contributed by atoms with Gasteiger partial charge in [-0.2, -0.15) is 74.6 Å². The van der Waals surface area contributed by atoms with Crippen LogP contribution in [0.25, 0.3) is 0 Å². The largest absolute Gasteiger partial charge is 0.478 e. The monoisotopic (exact) mass is 590 g/mol. The van der Waals surface area contributed by atoms with Gasteiger partial charge in [0.25, 0.3) is 0 Å². The van der Waals surface area contributed by atoms with E-state index in [2.05, 4.69) is 11.3 Å². The number of carbonyl (C=O) groups is 2. The zero-order valence-electron chi connectivity index (χ0n) is 17.5. The summed E-state index contributed by atoms with van der Waals surface area (Å²) < 4.78 is 220. The van der Waals surface area contributed by atoms with E-state index >= 15 is 0 Å². The van der Waals surface area contributed by atoms with E-state index in [9.17, 15) is 84.2 Å². The van der Waals surface area contributed by atoms with Gasteiger partial charge in [0, 0.05) is 11.6 Å². The highest BCUT2D eigenvalue weighted by Crippen LogP contribution is 2.64. The van der Waals surface area contributed by atoms with Gasteiger partial charge in [-0.15, -0.1) is 0 Å². The third-order valence-electron chi connectivity index (χ3n) is 3.86. The first kappa shape index (κ1) is 36.4. The number of ether oxygens (including phenoxy) is 1. The molecule has 0 amide bonds. The van der Waals surface area contributed by atoms with Crippen molar-refractivity contribution < 1.29 is 94.1 Å². The summed E-state index contributed by atoms with van der Waals surface area (Å²) in [7, 11) is 0. The Morgan fingerprint density at radius 3 is 1.16 bits per heavy atom. The minimum Gasteiger partial charge on any atom is -0.478 e. The van der Waals surface area contributed by atoms with Gasteiger partial charge >= 0.3 is 59.8 Å². The maximum atomic E-state index is 13.2. The second kappa shape index (κ2) is 10.5. The summed E-state index contributed by atoms with van der Waals surface area (Å²) >= 11 is 0. The molecule has 0 spiro atoms. The van der Waals surface area contributed by atoms with Crippen molar-refractivity contribution in [2.24, 2.45) is 0 Å². The summed E-state index contributed by atoms with van der Waals surface area (Å²) in [5.74, 6) is -54.5. The van der Waals surface area contributed by atoms with Gasteiger partial charge in [0.15, 0.2) is 0 Å². The summed E-state index contributed by atoms with van der Waals surface area (Å²) in [4.78, 5) is 20.2. The third kappa shape index (κ3) is 6.04. The zero-order valence-corrected chi connectivity index (χ0v) is 17.5. The molecule has 0 aromatic carbocycles. The maximum absolute atomic E-state index is 13.2. The molecule has 0 aliphatic rings. The molecular formula is C16H11F17O4. The first-order chi connectivity index (χ1) is 15.9. The minimum absolute atomic E-state index is 0.389. The van der Waals surface area contributed by atoms with Crippen LogP contribution in [0.4, 0.5) is 74.6 Å². The van der Waals surface area contributed by atoms with Crippen molar-refractivity contribution in [1.29, 1.82) is 0 Å². The van der Waals surface area contributed by atoms with Crippen molar-refractivity contribution in [2.45, 2.75) is 61.7 Å². The van der Waals surface area contributed by atoms with Crippen molar-refractivity contribution in [2.75, 3.05) is 0 Å². The number of carboxylic acids is 1. The Balaban J connectivity index is 0. The van der Waals surface area contributed by atoms with Gasteiger partial charge in [0.1, 0.15) is 0 Å². The van der Waals surface area contributed by atoms with Crippen LogP contribution in [0, 0.1) is 0 Å². The van der Waals surface area contributed by atoms with Crippen LogP contribution in [-0.4, -0.2) is 64.9 Å². The van der Waals surface area contributed by atoms with E-state index < -0.39 is 65.8 Å². The standard InChI is InChI=1S/C11H3F17O2.C5H8O2/c1-2-3(29)30-11(27,28)9(22,23)7(18,19)5(14,15)4(12,13)6(16,17)8(20,21)10(24,25)26;1-3-4(2)5(6)7/h2H,1H2;3H,1-2H3,(H,6,7). The number of allylic oxidation sites excluding steroid dienone is 1. The Bertz CT molecular complexity index is 886. The molecular weight excluding hydrogens is 579 g/mol. The van der Waals surface area contributed by atoms with Crippen molar-refractivity contribution in [3.05, 3.63) is 24.3 Å². The summed E-state index contributed by atoms with van der Waals surface area (Å²) in [6, 6.07) is 0. The van der Waals surface area contributed by atoms with Gasteiger partial charge < -0.3 is 9.84 Å². The Morgan fingerprint density at radius 2 is 0.946 bits per heavy atom. The number of rotatable bonds is 9. The number of hydrogen-bond donors (Lipinski definition) is 1. The van der Waals surface area contributed by atoms with Crippen LogP contribution < -0.4 is 0 Å². The van der Waals surface area contributed by atoms with E-state index in [1.807, 2.05) is 0 Å². The summed E-state index contributed by atoms with van der Waals surface area (Å²) in [5.41, 5.74) is 0.389. The number of carbonyl (C=O) groups excluding carboxylic acids is 1. The van der Waals surface area contributed by atoms with E-state index in [0.29, 0.717) is 5.57 Å². The molecule has 1 N–H and O–H groups in total. The highest BCUT2D eigenvalue weighted by molar-refractivity contribution is 5.85. The molecule has 218 valence electrons. The van der Waals surface area contributed by atoms with Crippen molar-refractivity contribution >= 4 is 11.9 Å². The predicted octanol–water partition coefficient (Wildman–Crippen LogP) is 6.72. The lowest BCUT2D eigenvalue weighted by molar-refractivity contribution is -0.473. The van der Waals surface area contributed by atoms with E-state index in [0.717, 1.165) is 0 Å². The fourth-order valence-electron chi connectivity index (χ4n) is 1.51. The lowest BCUT2D eigenvalue weighted by atomic mass is 9.90. The summed E-state index contributed by atoms with van der Waals surface area (Å²) in [6.45, 7) is 5.52. The molecule has 0 aliphatic carbocycles. The Hall–Kier alpha value is -2.77. The molecule has 0 aromatic heterocycles. The summed E-state index contributed by atoms with van der Waals surface area (Å²) in [5, 5.41) is 8.11. The molecule has 37 heavy (non-hydrogen) atoms. The number of halogens is 17. The second-order valence-corrected chi connectivity index (χ2v) is 6.36. The number of hydrogen-bond acceptors (Lipinski definition) is 3. The number of esters is 1. The zero-order chi connectivity index (χ0) is 30.9. The van der Waals surface area contributed by atoms with Crippen LogP contribution in [0.3, 0.4) is 0 Å². The van der Waals surface area contributed by atoms with Gasteiger partial charge in [-0.25, -0.2) is 9.59 Å². The van der Waals surface area contributed by atoms with Crippen molar-refractivity contribution in [3.8, 4) is 0 Å². The molecule has 0 bridgehead atoms. The third-order valence-corrected chi connectivity index (χ3v) is 3.86. The van der Waals surface area contributed by atoms with Crippen molar-refractivity contribution in [1.82, 2.24) is 0 Å².